The minimum absolute atomic E-state index is 0.0186. The van der Waals surface area contributed by atoms with Crippen molar-refractivity contribution in [3.8, 4) is 11.5 Å². The van der Waals surface area contributed by atoms with Crippen LogP contribution in [0.4, 0.5) is 11.4 Å². The van der Waals surface area contributed by atoms with Gasteiger partial charge in [-0.1, -0.05) is 33.6 Å². The van der Waals surface area contributed by atoms with Crippen molar-refractivity contribution in [3.63, 3.8) is 0 Å². The number of nitrogens with zero attached hydrogens (tertiary/aromatic N) is 4. The number of thioether (sulfide) groups is 1. The summed E-state index contributed by atoms with van der Waals surface area (Å²) in [4.78, 5) is 23.5. The molecule has 0 aliphatic carbocycles. The topological polar surface area (TPSA) is 124 Å². The number of hydrogen-bond donors (Lipinski definition) is 1. The highest BCUT2D eigenvalue weighted by Crippen LogP contribution is 2.27. The Bertz CT molecular complexity index is 1380. The van der Waals surface area contributed by atoms with Gasteiger partial charge in [0.1, 0.15) is 0 Å². The van der Waals surface area contributed by atoms with Crippen LogP contribution in [0.2, 0.25) is 5.02 Å². The summed E-state index contributed by atoms with van der Waals surface area (Å²) in [5.74, 6) is -0.122. The highest BCUT2D eigenvalue weighted by atomic mass is 79.9. The Balaban J connectivity index is 1.61. The van der Waals surface area contributed by atoms with E-state index in [1.54, 1.807) is 24.3 Å². The number of aromatic nitrogens is 2. The fourth-order valence-corrected chi connectivity index (χ4v) is 3.88. The predicted octanol–water partition coefficient (Wildman–Crippen LogP) is 6.46. The molecular weight excluding hydrogens is 546 g/mol. The first-order valence-corrected chi connectivity index (χ1v) is 11.5. The van der Waals surface area contributed by atoms with Gasteiger partial charge in [0.15, 0.2) is 5.04 Å². The minimum Gasteiger partial charge on any atom is -0.411 e. The molecule has 1 aromatic heterocycles. The van der Waals surface area contributed by atoms with E-state index in [0.29, 0.717) is 21.8 Å². The van der Waals surface area contributed by atoms with Crippen LogP contribution < -0.4 is 5.43 Å². The first kappa shape index (κ1) is 23.6. The zero-order chi connectivity index (χ0) is 24.1. The molecule has 0 bridgehead atoms. The molecule has 170 valence electrons. The lowest BCUT2D eigenvalue weighted by Gasteiger charge is -2.05. The van der Waals surface area contributed by atoms with Crippen LogP contribution in [0, 0.1) is 10.1 Å². The Labute approximate surface area is 210 Å². The highest BCUT2D eigenvalue weighted by Gasteiger charge is 2.20. The standard InChI is InChI=1S/C22H13BrClN5O4S/c23-15-3-1-2-14(12-15)20-26-28-22(33-20)34-21(19(30)13-4-6-16(24)7-5-13)27-25-17-8-10-18(11-9-17)29(31)32/h1-12,25H/b27-21-. The summed E-state index contributed by atoms with van der Waals surface area (Å²) < 4.78 is 6.57. The number of ketones is 1. The predicted molar refractivity (Wildman–Crippen MR) is 133 cm³/mol. The van der Waals surface area contributed by atoms with E-state index in [1.807, 2.05) is 24.3 Å². The van der Waals surface area contributed by atoms with Crippen LogP contribution in [0.1, 0.15) is 10.4 Å². The van der Waals surface area contributed by atoms with Crippen LogP contribution in [-0.4, -0.2) is 25.9 Å². The Morgan fingerprint density at radius 2 is 1.82 bits per heavy atom. The Morgan fingerprint density at radius 1 is 1.09 bits per heavy atom. The molecular formula is C22H13BrClN5O4S. The molecule has 0 saturated heterocycles. The molecule has 0 unspecified atom stereocenters. The van der Waals surface area contributed by atoms with Gasteiger partial charge in [0.25, 0.3) is 10.9 Å². The summed E-state index contributed by atoms with van der Waals surface area (Å²) in [7, 11) is 0. The maximum atomic E-state index is 13.1. The monoisotopic (exact) mass is 557 g/mol. The first-order chi connectivity index (χ1) is 16.4. The zero-order valence-corrected chi connectivity index (χ0v) is 20.2. The number of nitro groups is 1. The van der Waals surface area contributed by atoms with E-state index >= 15 is 0 Å². The first-order valence-electron chi connectivity index (χ1n) is 9.55. The van der Waals surface area contributed by atoms with Gasteiger partial charge in [-0.2, -0.15) is 5.10 Å². The summed E-state index contributed by atoms with van der Waals surface area (Å²) in [6, 6.07) is 19.3. The van der Waals surface area contributed by atoms with Crippen LogP contribution in [0.15, 0.2) is 92.0 Å². The molecule has 1 N–H and O–H groups in total. The number of benzene rings is 3. The SMILES string of the molecule is O=C(/C(=N/Nc1ccc([N+](=O)[O-])cc1)Sc1nnc(-c2cccc(Br)c2)o1)c1ccc(Cl)cc1. The van der Waals surface area contributed by atoms with E-state index in [2.05, 4.69) is 36.7 Å². The molecule has 0 amide bonds. The maximum absolute atomic E-state index is 13.1. The Hall–Kier alpha value is -3.54. The van der Waals surface area contributed by atoms with Gasteiger partial charge in [-0.05, 0) is 66.4 Å². The van der Waals surface area contributed by atoms with Crippen molar-refractivity contribution < 1.29 is 14.1 Å². The van der Waals surface area contributed by atoms with Crippen molar-refractivity contribution in [2.24, 2.45) is 5.10 Å². The van der Waals surface area contributed by atoms with Gasteiger partial charge < -0.3 is 4.42 Å². The third-order valence-corrected chi connectivity index (χ3v) is 5.88. The third-order valence-electron chi connectivity index (χ3n) is 4.33. The van der Waals surface area contributed by atoms with Gasteiger partial charge in [0.05, 0.1) is 10.6 Å². The van der Waals surface area contributed by atoms with E-state index < -0.39 is 10.7 Å². The van der Waals surface area contributed by atoms with Gasteiger partial charge in [0, 0.05) is 32.8 Å². The summed E-state index contributed by atoms with van der Waals surface area (Å²) in [5, 5.41) is 23.7. The van der Waals surface area contributed by atoms with E-state index in [-0.39, 0.29) is 21.8 Å². The second-order valence-electron chi connectivity index (χ2n) is 6.65. The average Bonchev–Trinajstić information content (AvgIpc) is 3.31. The molecule has 1 heterocycles. The lowest BCUT2D eigenvalue weighted by atomic mass is 10.1. The normalized spacial score (nSPS) is 11.3. The molecule has 34 heavy (non-hydrogen) atoms. The zero-order valence-electron chi connectivity index (χ0n) is 17.0. The number of non-ortho nitro benzene ring substituents is 1. The number of Topliss-reactive ketones (excluding diaryl/α,β-unsaturated/α-hetero) is 1. The van der Waals surface area contributed by atoms with Crippen molar-refractivity contribution >= 4 is 61.5 Å². The largest absolute Gasteiger partial charge is 0.411 e. The number of rotatable bonds is 7. The molecule has 0 spiro atoms. The fourth-order valence-electron chi connectivity index (χ4n) is 2.69. The number of anilines is 1. The molecule has 0 aliphatic rings. The molecule has 12 heteroatoms. The van der Waals surface area contributed by atoms with Crippen LogP contribution in [0.5, 0.6) is 0 Å². The van der Waals surface area contributed by atoms with Gasteiger partial charge in [-0.25, -0.2) is 0 Å². The van der Waals surface area contributed by atoms with Gasteiger partial charge >= 0.3 is 0 Å². The van der Waals surface area contributed by atoms with E-state index in [9.17, 15) is 14.9 Å². The number of carbonyl (C=O) groups is 1. The number of carbonyl (C=O) groups excluding carboxylic acids is 1. The Morgan fingerprint density at radius 3 is 2.50 bits per heavy atom. The molecule has 0 radical (unpaired) electrons. The number of hydrogen-bond acceptors (Lipinski definition) is 9. The summed E-state index contributed by atoms with van der Waals surface area (Å²) >= 11 is 10.2. The highest BCUT2D eigenvalue weighted by molar-refractivity contribution is 9.10. The third kappa shape index (κ3) is 5.87. The van der Waals surface area contributed by atoms with Crippen LogP contribution >= 0.6 is 39.3 Å². The molecule has 0 saturated carbocycles. The van der Waals surface area contributed by atoms with Crippen LogP contribution in [0.25, 0.3) is 11.5 Å². The lowest BCUT2D eigenvalue weighted by Crippen LogP contribution is -2.13. The number of hydrazone groups is 1. The van der Waals surface area contributed by atoms with Crippen molar-refractivity contribution in [1.29, 1.82) is 0 Å². The van der Waals surface area contributed by atoms with E-state index in [1.165, 1.54) is 24.3 Å². The average molecular weight is 559 g/mol. The molecule has 0 aliphatic heterocycles. The maximum Gasteiger partial charge on any atom is 0.283 e. The summed E-state index contributed by atoms with van der Waals surface area (Å²) in [5.41, 5.74) is 4.19. The molecule has 9 nitrogen and oxygen atoms in total. The summed E-state index contributed by atoms with van der Waals surface area (Å²) in [6.45, 7) is 0. The molecule has 0 atom stereocenters. The van der Waals surface area contributed by atoms with E-state index in [0.717, 1.165) is 16.2 Å². The molecule has 0 fully saturated rings. The second kappa shape index (κ2) is 10.6. The van der Waals surface area contributed by atoms with Gasteiger partial charge in [-0.3, -0.25) is 20.3 Å². The molecule has 4 rings (SSSR count). The van der Waals surface area contributed by atoms with E-state index in [4.69, 9.17) is 16.0 Å². The number of nitrogens with one attached hydrogen (secondary N) is 1. The van der Waals surface area contributed by atoms with Crippen LogP contribution in [-0.2, 0) is 0 Å². The van der Waals surface area contributed by atoms with Crippen LogP contribution in [0.3, 0.4) is 0 Å². The van der Waals surface area contributed by atoms with Gasteiger partial charge in [0.2, 0.25) is 11.7 Å². The lowest BCUT2D eigenvalue weighted by molar-refractivity contribution is -0.384. The molecule has 3 aromatic carbocycles. The summed E-state index contributed by atoms with van der Waals surface area (Å²) in [6.07, 6.45) is 0. The second-order valence-corrected chi connectivity index (χ2v) is 8.95. The van der Waals surface area contributed by atoms with Crippen molar-refractivity contribution in [1.82, 2.24) is 10.2 Å². The smallest absolute Gasteiger partial charge is 0.283 e. The molecule has 4 aromatic rings. The van der Waals surface area contributed by atoms with Crippen molar-refractivity contribution in [2.45, 2.75) is 5.22 Å². The van der Waals surface area contributed by atoms with Crippen molar-refractivity contribution in [2.75, 3.05) is 5.43 Å². The fraction of sp³-hybridized carbons (Fsp3) is 0. The quantitative estimate of drug-likeness (QED) is 0.0684. The van der Waals surface area contributed by atoms with Gasteiger partial charge in [-0.15, -0.1) is 10.2 Å². The van der Waals surface area contributed by atoms with Crippen molar-refractivity contribution in [3.05, 3.63) is 98.0 Å². The Kier molecular flexibility index (Phi) is 7.36. The minimum atomic E-state index is -0.503. The number of halogens is 2. The number of nitro benzene ring substituents is 1.